The van der Waals surface area contributed by atoms with Crippen molar-refractivity contribution >= 4 is 27.6 Å². The number of morpholine rings is 1. The molecule has 1 heterocycles. The Hall–Kier alpha value is -2.01. The summed E-state index contributed by atoms with van der Waals surface area (Å²) in [4.78, 5) is 23.7. The molecular formula is C17H24N2O7S. The maximum absolute atomic E-state index is 12.9. The van der Waals surface area contributed by atoms with Gasteiger partial charge in [-0.15, -0.1) is 0 Å². The first kappa shape index (κ1) is 21.3. The minimum atomic E-state index is -3.70. The van der Waals surface area contributed by atoms with Crippen LogP contribution in [0.2, 0.25) is 0 Å². The Balaban J connectivity index is 2.14. The van der Waals surface area contributed by atoms with Gasteiger partial charge in [-0.25, -0.2) is 13.2 Å². The molecule has 1 aliphatic rings. The van der Waals surface area contributed by atoms with E-state index in [0.29, 0.717) is 24.5 Å². The SMILES string of the molecule is COCC(=O)O[C@@H](C)C(=O)Nc1ccc(C)c(S(=O)(=O)N2CCOCC2)c1. The van der Waals surface area contributed by atoms with Gasteiger partial charge < -0.3 is 19.5 Å². The van der Waals surface area contributed by atoms with Gasteiger partial charge in [0.05, 0.1) is 18.1 Å². The monoisotopic (exact) mass is 400 g/mol. The van der Waals surface area contributed by atoms with Gasteiger partial charge in [-0.1, -0.05) is 6.07 Å². The van der Waals surface area contributed by atoms with Crippen LogP contribution in [0.15, 0.2) is 23.1 Å². The normalized spacial score (nSPS) is 16.6. The lowest BCUT2D eigenvalue weighted by atomic mass is 10.2. The van der Waals surface area contributed by atoms with Crippen molar-refractivity contribution in [2.75, 3.05) is 45.3 Å². The molecule has 1 aromatic rings. The van der Waals surface area contributed by atoms with Crippen LogP contribution in [0.25, 0.3) is 0 Å². The van der Waals surface area contributed by atoms with E-state index in [1.54, 1.807) is 19.1 Å². The predicted molar refractivity (Wildman–Crippen MR) is 96.8 cm³/mol. The molecule has 1 aromatic carbocycles. The quantitative estimate of drug-likeness (QED) is 0.665. The Morgan fingerprint density at radius 2 is 1.96 bits per heavy atom. The smallest absolute Gasteiger partial charge is 0.332 e. The second-order valence-corrected chi connectivity index (χ2v) is 7.96. The van der Waals surface area contributed by atoms with E-state index in [-0.39, 0.29) is 24.6 Å². The highest BCUT2D eigenvalue weighted by atomic mass is 32.2. The summed E-state index contributed by atoms with van der Waals surface area (Å²) in [6.45, 7) is 4.11. The summed E-state index contributed by atoms with van der Waals surface area (Å²) in [5, 5.41) is 2.57. The van der Waals surface area contributed by atoms with Crippen LogP contribution in [0.5, 0.6) is 0 Å². The Labute approximate surface area is 158 Å². The van der Waals surface area contributed by atoms with Crippen LogP contribution in [-0.2, 0) is 33.8 Å². The van der Waals surface area contributed by atoms with Crippen LogP contribution in [0.3, 0.4) is 0 Å². The topological polar surface area (TPSA) is 111 Å². The van der Waals surface area contributed by atoms with Crippen molar-refractivity contribution < 1.29 is 32.2 Å². The van der Waals surface area contributed by atoms with E-state index in [9.17, 15) is 18.0 Å². The fraction of sp³-hybridized carbons (Fsp3) is 0.529. The first-order chi connectivity index (χ1) is 12.8. The number of hydrogen-bond acceptors (Lipinski definition) is 7. The summed E-state index contributed by atoms with van der Waals surface area (Å²) in [6, 6.07) is 4.61. The number of anilines is 1. The number of rotatable bonds is 7. The van der Waals surface area contributed by atoms with E-state index in [1.807, 2.05) is 0 Å². The first-order valence-corrected chi connectivity index (χ1v) is 9.87. The van der Waals surface area contributed by atoms with E-state index >= 15 is 0 Å². The summed E-state index contributed by atoms with van der Waals surface area (Å²) >= 11 is 0. The Morgan fingerprint density at radius 3 is 2.59 bits per heavy atom. The second-order valence-electron chi connectivity index (χ2n) is 6.05. The van der Waals surface area contributed by atoms with Crippen LogP contribution in [0.4, 0.5) is 5.69 Å². The molecule has 1 amide bonds. The number of esters is 1. The second kappa shape index (κ2) is 9.27. The molecule has 0 radical (unpaired) electrons. The number of carbonyl (C=O) groups is 2. The first-order valence-electron chi connectivity index (χ1n) is 8.43. The number of aryl methyl sites for hydroxylation is 1. The van der Waals surface area contributed by atoms with Crippen LogP contribution in [0.1, 0.15) is 12.5 Å². The maximum atomic E-state index is 12.9. The van der Waals surface area contributed by atoms with Crippen LogP contribution in [-0.4, -0.2) is 70.7 Å². The van der Waals surface area contributed by atoms with Gasteiger partial charge in [-0.3, -0.25) is 4.79 Å². The molecule has 27 heavy (non-hydrogen) atoms. The third-order valence-corrected chi connectivity index (χ3v) is 6.02. The van der Waals surface area contributed by atoms with E-state index in [4.69, 9.17) is 9.47 Å². The van der Waals surface area contributed by atoms with Gasteiger partial charge in [-0.05, 0) is 31.5 Å². The molecule has 1 aliphatic heterocycles. The van der Waals surface area contributed by atoms with Crippen molar-refractivity contribution in [3.63, 3.8) is 0 Å². The molecule has 0 bridgehead atoms. The van der Waals surface area contributed by atoms with Crippen LogP contribution < -0.4 is 5.32 Å². The average molecular weight is 400 g/mol. The van der Waals surface area contributed by atoms with Crippen LogP contribution in [0, 0.1) is 6.92 Å². The molecule has 0 unspecified atom stereocenters. The summed E-state index contributed by atoms with van der Waals surface area (Å²) in [5.41, 5.74) is 0.867. The lowest BCUT2D eigenvalue weighted by Gasteiger charge is -2.27. The van der Waals surface area contributed by atoms with Gasteiger partial charge in [0, 0.05) is 25.9 Å². The molecule has 150 valence electrons. The number of sulfonamides is 1. The zero-order valence-electron chi connectivity index (χ0n) is 15.6. The van der Waals surface area contributed by atoms with Gasteiger partial charge in [0.25, 0.3) is 5.91 Å². The standard InChI is InChI=1S/C17H24N2O7S/c1-12-4-5-14(18-17(21)13(2)26-16(20)11-24-3)10-15(12)27(22,23)19-6-8-25-9-7-19/h4-5,10,13H,6-9,11H2,1-3H3,(H,18,21)/t13-/m0/s1. The minimum absolute atomic E-state index is 0.117. The average Bonchev–Trinajstić information content (AvgIpc) is 2.64. The molecule has 9 nitrogen and oxygen atoms in total. The summed E-state index contributed by atoms with van der Waals surface area (Å²) in [6.07, 6.45) is -1.05. The maximum Gasteiger partial charge on any atom is 0.332 e. The number of benzene rings is 1. The van der Waals surface area contributed by atoms with Gasteiger partial charge >= 0.3 is 5.97 Å². The minimum Gasteiger partial charge on any atom is -0.451 e. The Morgan fingerprint density at radius 1 is 1.30 bits per heavy atom. The summed E-state index contributed by atoms with van der Waals surface area (Å²) in [5.74, 6) is -1.24. The highest BCUT2D eigenvalue weighted by molar-refractivity contribution is 7.89. The van der Waals surface area contributed by atoms with Gasteiger partial charge in [-0.2, -0.15) is 4.31 Å². The lowest BCUT2D eigenvalue weighted by Crippen LogP contribution is -2.40. The molecule has 1 N–H and O–H groups in total. The number of carbonyl (C=O) groups excluding carboxylic acids is 2. The molecule has 10 heteroatoms. The van der Waals surface area contributed by atoms with Crippen molar-refractivity contribution in [2.45, 2.75) is 24.8 Å². The molecule has 1 saturated heterocycles. The third kappa shape index (κ3) is 5.48. The molecule has 2 rings (SSSR count). The fourth-order valence-electron chi connectivity index (χ4n) is 2.53. The third-order valence-electron chi connectivity index (χ3n) is 3.98. The van der Waals surface area contributed by atoms with Gasteiger partial charge in [0.1, 0.15) is 6.61 Å². The molecule has 1 fully saturated rings. The van der Waals surface area contributed by atoms with Crippen molar-refractivity contribution in [3.8, 4) is 0 Å². The number of nitrogens with zero attached hydrogens (tertiary/aromatic N) is 1. The Bertz CT molecular complexity index is 788. The van der Waals surface area contributed by atoms with Crippen molar-refractivity contribution in [2.24, 2.45) is 0 Å². The highest BCUT2D eigenvalue weighted by Crippen LogP contribution is 2.24. The summed E-state index contributed by atoms with van der Waals surface area (Å²) < 4.78 is 41.9. The molecule has 0 spiro atoms. The number of amides is 1. The number of hydrogen-bond donors (Lipinski definition) is 1. The fourth-order valence-corrected chi connectivity index (χ4v) is 4.19. The molecule has 0 aliphatic carbocycles. The van der Waals surface area contributed by atoms with E-state index in [1.165, 1.54) is 24.4 Å². The van der Waals surface area contributed by atoms with E-state index in [2.05, 4.69) is 10.1 Å². The number of nitrogens with one attached hydrogen (secondary N) is 1. The molecule has 0 saturated carbocycles. The number of methoxy groups -OCH3 is 1. The van der Waals surface area contributed by atoms with E-state index in [0.717, 1.165) is 0 Å². The van der Waals surface area contributed by atoms with Crippen molar-refractivity contribution in [1.29, 1.82) is 0 Å². The zero-order chi connectivity index (χ0) is 20.0. The van der Waals surface area contributed by atoms with Gasteiger partial charge in [0.2, 0.25) is 10.0 Å². The lowest BCUT2D eigenvalue weighted by molar-refractivity contribution is -0.156. The molecule has 1 atom stereocenters. The van der Waals surface area contributed by atoms with Crippen molar-refractivity contribution in [1.82, 2.24) is 4.31 Å². The van der Waals surface area contributed by atoms with Crippen LogP contribution >= 0.6 is 0 Å². The number of ether oxygens (including phenoxy) is 3. The Kier molecular flexibility index (Phi) is 7.31. The summed E-state index contributed by atoms with van der Waals surface area (Å²) in [7, 11) is -2.36. The largest absolute Gasteiger partial charge is 0.451 e. The van der Waals surface area contributed by atoms with Gasteiger partial charge in [0.15, 0.2) is 6.10 Å². The molecule has 0 aromatic heterocycles. The van der Waals surface area contributed by atoms with E-state index < -0.39 is 28.0 Å². The van der Waals surface area contributed by atoms with Crippen molar-refractivity contribution in [3.05, 3.63) is 23.8 Å². The molecular weight excluding hydrogens is 376 g/mol. The predicted octanol–water partition coefficient (Wildman–Crippen LogP) is 0.533. The highest BCUT2D eigenvalue weighted by Gasteiger charge is 2.28. The zero-order valence-corrected chi connectivity index (χ0v) is 16.4.